The fourth-order valence-electron chi connectivity index (χ4n) is 1.16. The first-order chi connectivity index (χ1) is 5.94. The Morgan fingerprint density at radius 3 is 2.54 bits per heavy atom. The first-order valence-corrected chi connectivity index (χ1v) is 4.27. The van der Waals surface area contributed by atoms with Crippen LogP contribution in [0.15, 0.2) is 0 Å². The van der Waals surface area contributed by atoms with E-state index in [-0.39, 0.29) is 5.41 Å². The van der Waals surface area contributed by atoms with Gasteiger partial charge in [-0.25, -0.2) is 4.98 Å². The third-order valence-electron chi connectivity index (χ3n) is 1.89. The zero-order valence-corrected chi connectivity index (χ0v) is 8.53. The highest BCUT2D eigenvalue weighted by molar-refractivity contribution is 5.58. The van der Waals surface area contributed by atoms with E-state index < -0.39 is 0 Å². The molecular formula is C9H15N3O. The summed E-state index contributed by atoms with van der Waals surface area (Å²) < 4.78 is 1.72. The Kier molecular flexibility index (Phi) is 2.50. The molecule has 1 rings (SSSR count). The Labute approximate surface area is 78.0 Å². The number of aromatic nitrogens is 3. The molecule has 0 radical (unpaired) electrons. The van der Waals surface area contributed by atoms with Gasteiger partial charge in [-0.2, -0.15) is 5.10 Å². The maximum Gasteiger partial charge on any atom is 0.147 e. The smallest absolute Gasteiger partial charge is 0.147 e. The van der Waals surface area contributed by atoms with Crippen molar-refractivity contribution in [2.45, 2.75) is 27.2 Å². The van der Waals surface area contributed by atoms with E-state index in [0.717, 1.165) is 17.9 Å². The molecule has 0 unspecified atom stereocenters. The van der Waals surface area contributed by atoms with E-state index in [1.165, 1.54) is 0 Å². The van der Waals surface area contributed by atoms with Crippen LogP contribution in [0.3, 0.4) is 0 Å². The Hall–Kier alpha value is -1.19. The molecule has 0 N–H and O–H groups in total. The van der Waals surface area contributed by atoms with Crippen molar-refractivity contribution in [2.75, 3.05) is 0 Å². The number of nitrogens with zero attached hydrogens (tertiary/aromatic N) is 3. The Balaban J connectivity index is 2.85. The molecule has 0 atom stereocenters. The van der Waals surface area contributed by atoms with Crippen LogP contribution in [0.5, 0.6) is 0 Å². The summed E-state index contributed by atoms with van der Waals surface area (Å²) in [5.74, 6) is 1.61. The first-order valence-electron chi connectivity index (χ1n) is 4.27. The molecule has 0 bridgehead atoms. The van der Waals surface area contributed by atoms with Crippen molar-refractivity contribution in [3.63, 3.8) is 0 Å². The Bertz CT molecular complexity index is 315. The maximum absolute atomic E-state index is 10.7. The van der Waals surface area contributed by atoms with E-state index in [0.29, 0.717) is 6.42 Å². The molecule has 4 nitrogen and oxygen atoms in total. The fraction of sp³-hybridized carbons (Fsp3) is 0.667. The highest BCUT2D eigenvalue weighted by Gasteiger charge is 2.20. The van der Waals surface area contributed by atoms with Gasteiger partial charge in [0.15, 0.2) is 0 Å². The van der Waals surface area contributed by atoms with Gasteiger partial charge in [0.25, 0.3) is 0 Å². The van der Waals surface area contributed by atoms with Crippen LogP contribution in [0.2, 0.25) is 0 Å². The summed E-state index contributed by atoms with van der Waals surface area (Å²) >= 11 is 0. The van der Waals surface area contributed by atoms with Gasteiger partial charge in [-0.05, 0) is 6.92 Å². The van der Waals surface area contributed by atoms with Crippen LogP contribution in [0.4, 0.5) is 0 Å². The van der Waals surface area contributed by atoms with Gasteiger partial charge in [-0.1, -0.05) is 13.8 Å². The number of carbonyl (C=O) groups is 1. The topological polar surface area (TPSA) is 47.8 Å². The number of rotatable bonds is 3. The lowest BCUT2D eigenvalue weighted by atomic mass is 9.91. The van der Waals surface area contributed by atoms with Crippen LogP contribution in [0.1, 0.15) is 25.5 Å². The van der Waals surface area contributed by atoms with Gasteiger partial charge in [0.1, 0.15) is 17.9 Å². The zero-order chi connectivity index (χ0) is 10.1. The monoisotopic (exact) mass is 181 g/mol. The Morgan fingerprint density at radius 2 is 2.15 bits per heavy atom. The fourth-order valence-corrected chi connectivity index (χ4v) is 1.16. The molecule has 0 amide bonds. The first kappa shape index (κ1) is 9.89. The molecule has 0 aliphatic carbocycles. The van der Waals surface area contributed by atoms with E-state index >= 15 is 0 Å². The largest absolute Gasteiger partial charge is 0.303 e. The highest BCUT2D eigenvalue weighted by Crippen LogP contribution is 2.17. The van der Waals surface area contributed by atoms with Gasteiger partial charge >= 0.3 is 0 Å². The van der Waals surface area contributed by atoms with E-state index in [1.807, 2.05) is 27.8 Å². The predicted octanol–water partition coefficient (Wildman–Crippen LogP) is 0.891. The summed E-state index contributed by atoms with van der Waals surface area (Å²) in [6.07, 6.45) is 1.59. The van der Waals surface area contributed by atoms with E-state index in [2.05, 4.69) is 10.1 Å². The molecule has 1 aromatic heterocycles. The molecule has 0 saturated heterocycles. The van der Waals surface area contributed by atoms with Crippen molar-refractivity contribution in [2.24, 2.45) is 12.5 Å². The van der Waals surface area contributed by atoms with Gasteiger partial charge in [-0.3, -0.25) is 4.68 Å². The number of aryl methyl sites for hydroxylation is 2. The number of hydrogen-bond acceptors (Lipinski definition) is 3. The van der Waals surface area contributed by atoms with Crippen molar-refractivity contribution in [3.8, 4) is 0 Å². The van der Waals surface area contributed by atoms with Gasteiger partial charge in [0, 0.05) is 18.9 Å². The molecule has 0 saturated carbocycles. The molecule has 0 spiro atoms. The van der Waals surface area contributed by atoms with Crippen LogP contribution < -0.4 is 0 Å². The molecule has 0 aliphatic rings. The lowest BCUT2D eigenvalue weighted by Crippen LogP contribution is -2.19. The lowest BCUT2D eigenvalue weighted by Gasteiger charge is -2.14. The molecule has 72 valence electrons. The zero-order valence-electron chi connectivity index (χ0n) is 8.53. The van der Waals surface area contributed by atoms with E-state index in [1.54, 1.807) is 4.68 Å². The quantitative estimate of drug-likeness (QED) is 0.651. The maximum atomic E-state index is 10.7. The minimum Gasteiger partial charge on any atom is -0.303 e. The molecule has 0 fully saturated rings. The van der Waals surface area contributed by atoms with Crippen LogP contribution >= 0.6 is 0 Å². The summed E-state index contributed by atoms with van der Waals surface area (Å²) in [5.41, 5.74) is -0.354. The summed E-state index contributed by atoms with van der Waals surface area (Å²) in [6, 6.07) is 0. The van der Waals surface area contributed by atoms with Crippen LogP contribution in [0.25, 0.3) is 0 Å². The van der Waals surface area contributed by atoms with E-state index in [4.69, 9.17) is 0 Å². The van der Waals surface area contributed by atoms with Crippen molar-refractivity contribution in [1.82, 2.24) is 14.8 Å². The Morgan fingerprint density at radius 1 is 1.54 bits per heavy atom. The van der Waals surface area contributed by atoms with Gasteiger partial charge in [0.05, 0.1) is 0 Å². The third-order valence-corrected chi connectivity index (χ3v) is 1.89. The normalized spacial score (nSPS) is 11.7. The van der Waals surface area contributed by atoms with Gasteiger partial charge in [-0.15, -0.1) is 0 Å². The van der Waals surface area contributed by atoms with Crippen molar-refractivity contribution < 1.29 is 4.79 Å². The molecule has 0 aliphatic heterocycles. The predicted molar refractivity (Wildman–Crippen MR) is 49.3 cm³/mol. The summed E-state index contributed by atoms with van der Waals surface area (Å²) in [6.45, 7) is 5.63. The summed E-state index contributed by atoms with van der Waals surface area (Å²) in [5, 5.41) is 4.12. The summed E-state index contributed by atoms with van der Waals surface area (Å²) in [7, 11) is 1.84. The second-order valence-electron chi connectivity index (χ2n) is 3.98. The summed E-state index contributed by atoms with van der Waals surface area (Å²) in [4.78, 5) is 14.9. The van der Waals surface area contributed by atoms with Crippen LogP contribution in [0, 0.1) is 12.3 Å². The lowest BCUT2D eigenvalue weighted by molar-refractivity contribution is -0.114. The third kappa shape index (κ3) is 2.37. The molecular weight excluding hydrogens is 166 g/mol. The van der Waals surface area contributed by atoms with Crippen LogP contribution in [-0.2, 0) is 18.3 Å². The molecule has 1 heterocycles. The number of carbonyl (C=O) groups excluding carboxylic acids is 1. The molecule has 0 aromatic carbocycles. The standard InChI is InChI=1S/C9H15N3O/c1-7-10-8(12(4)11-7)5-9(2,3)6-13/h6H,5H2,1-4H3. The van der Waals surface area contributed by atoms with Crippen molar-refractivity contribution >= 4 is 6.29 Å². The van der Waals surface area contributed by atoms with Crippen molar-refractivity contribution in [1.29, 1.82) is 0 Å². The number of aldehydes is 1. The second kappa shape index (κ2) is 3.28. The average molecular weight is 181 g/mol. The minimum atomic E-state index is -0.354. The molecule has 13 heavy (non-hydrogen) atoms. The van der Waals surface area contributed by atoms with Crippen LogP contribution in [-0.4, -0.2) is 21.1 Å². The molecule has 1 aromatic rings. The highest BCUT2D eigenvalue weighted by atomic mass is 16.1. The van der Waals surface area contributed by atoms with Gasteiger partial charge < -0.3 is 4.79 Å². The number of hydrogen-bond donors (Lipinski definition) is 0. The van der Waals surface area contributed by atoms with Crippen molar-refractivity contribution in [3.05, 3.63) is 11.6 Å². The SMILES string of the molecule is Cc1nc(CC(C)(C)C=O)n(C)n1. The minimum absolute atomic E-state index is 0.354. The second-order valence-corrected chi connectivity index (χ2v) is 3.98. The average Bonchev–Trinajstić information content (AvgIpc) is 2.30. The van der Waals surface area contributed by atoms with E-state index in [9.17, 15) is 4.79 Å². The molecule has 4 heteroatoms. The van der Waals surface area contributed by atoms with Gasteiger partial charge in [0.2, 0.25) is 0 Å².